The molecule has 1 saturated heterocycles. The molecule has 1 unspecified atom stereocenters. The van der Waals surface area contributed by atoms with Gasteiger partial charge in [0, 0.05) is 13.1 Å². The van der Waals surface area contributed by atoms with Gasteiger partial charge in [-0.05, 0) is 37.8 Å². The summed E-state index contributed by atoms with van der Waals surface area (Å²) in [5, 5.41) is 0. The first-order chi connectivity index (χ1) is 7.70. The molecule has 1 aliphatic heterocycles. The summed E-state index contributed by atoms with van der Waals surface area (Å²) in [6.45, 7) is 6.53. The molecule has 16 heavy (non-hydrogen) atoms. The molecular formula is C13H21N3. The summed E-state index contributed by atoms with van der Waals surface area (Å²) < 4.78 is 0. The molecule has 0 radical (unpaired) electrons. The maximum absolute atomic E-state index is 5.78. The number of pyridine rings is 1. The molecule has 0 aliphatic carbocycles. The fourth-order valence-corrected chi connectivity index (χ4v) is 2.42. The number of hydrogen-bond donors (Lipinski definition) is 1. The monoisotopic (exact) mass is 219 g/mol. The van der Waals surface area contributed by atoms with E-state index in [0.29, 0.717) is 0 Å². The minimum Gasteiger partial charge on any atom is -0.397 e. The van der Waals surface area contributed by atoms with E-state index in [-0.39, 0.29) is 0 Å². The van der Waals surface area contributed by atoms with Gasteiger partial charge in [0.1, 0.15) is 5.82 Å². The summed E-state index contributed by atoms with van der Waals surface area (Å²) in [5.74, 6) is 1.94. The largest absolute Gasteiger partial charge is 0.397 e. The van der Waals surface area contributed by atoms with Crippen molar-refractivity contribution in [3.05, 3.63) is 17.8 Å². The van der Waals surface area contributed by atoms with Gasteiger partial charge < -0.3 is 10.6 Å². The summed E-state index contributed by atoms with van der Waals surface area (Å²) in [4.78, 5) is 6.93. The topological polar surface area (TPSA) is 42.1 Å². The van der Waals surface area contributed by atoms with E-state index in [9.17, 15) is 0 Å². The molecule has 3 heteroatoms. The Labute approximate surface area is 97.7 Å². The van der Waals surface area contributed by atoms with Gasteiger partial charge >= 0.3 is 0 Å². The highest BCUT2D eigenvalue weighted by Crippen LogP contribution is 2.26. The van der Waals surface area contributed by atoms with E-state index in [1.54, 1.807) is 0 Å². The third kappa shape index (κ3) is 2.29. The van der Waals surface area contributed by atoms with Crippen LogP contribution in [0.5, 0.6) is 0 Å². The van der Waals surface area contributed by atoms with Crippen LogP contribution in [0.2, 0.25) is 0 Å². The molecule has 0 aromatic carbocycles. The van der Waals surface area contributed by atoms with Gasteiger partial charge in [0.2, 0.25) is 0 Å². The quantitative estimate of drug-likeness (QED) is 0.849. The minimum absolute atomic E-state index is 0.785. The Morgan fingerprint density at radius 3 is 3.00 bits per heavy atom. The van der Waals surface area contributed by atoms with E-state index in [4.69, 9.17) is 5.73 Å². The van der Waals surface area contributed by atoms with Crippen molar-refractivity contribution in [2.24, 2.45) is 5.92 Å². The second-order valence-corrected chi connectivity index (χ2v) is 4.73. The van der Waals surface area contributed by atoms with Crippen molar-refractivity contribution in [2.45, 2.75) is 33.1 Å². The molecule has 1 fully saturated rings. The predicted octanol–water partition coefficient (Wildman–Crippen LogP) is 2.60. The van der Waals surface area contributed by atoms with Gasteiger partial charge in [-0.1, -0.05) is 13.3 Å². The highest BCUT2D eigenvalue weighted by Gasteiger charge is 2.22. The molecule has 1 aromatic rings. The Kier molecular flexibility index (Phi) is 3.32. The fourth-order valence-electron chi connectivity index (χ4n) is 2.42. The van der Waals surface area contributed by atoms with E-state index in [0.717, 1.165) is 36.2 Å². The van der Waals surface area contributed by atoms with E-state index < -0.39 is 0 Å². The van der Waals surface area contributed by atoms with Crippen LogP contribution in [0.15, 0.2) is 12.1 Å². The van der Waals surface area contributed by atoms with Crippen molar-refractivity contribution in [2.75, 3.05) is 23.7 Å². The first-order valence-electron chi connectivity index (χ1n) is 6.18. The minimum atomic E-state index is 0.785. The lowest BCUT2D eigenvalue weighted by atomic mass is 10.0. The highest BCUT2D eigenvalue weighted by atomic mass is 15.2. The van der Waals surface area contributed by atoms with E-state index in [2.05, 4.69) is 16.8 Å². The van der Waals surface area contributed by atoms with Crippen LogP contribution in [0.3, 0.4) is 0 Å². The van der Waals surface area contributed by atoms with Crippen molar-refractivity contribution in [3.8, 4) is 0 Å². The number of hydrogen-bond acceptors (Lipinski definition) is 3. The summed E-state index contributed by atoms with van der Waals surface area (Å²) in [6.07, 6.45) is 3.93. The summed E-state index contributed by atoms with van der Waals surface area (Å²) in [5.41, 5.74) is 7.51. The van der Waals surface area contributed by atoms with Crippen molar-refractivity contribution in [1.29, 1.82) is 0 Å². The lowest BCUT2D eigenvalue weighted by Crippen LogP contribution is -2.21. The van der Waals surface area contributed by atoms with E-state index in [1.165, 1.54) is 19.3 Å². The molecule has 0 spiro atoms. The molecule has 88 valence electrons. The van der Waals surface area contributed by atoms with Gasteiger partial charge in [-0.15, -0.1) is 0 Å². The predicted molar refractivity (Wildman–Crippen MR) is 68.6 cm³/mol. The number of nitrogens with zero attached hydrogens (tertiary/aromatic N) is 2. The normalized spacial score (nSPS) is 20.4. The van der Waals surface area contributed by atoms with Crippen LogP contribution >= 0.6 is 0 Å². The first-order valence-corrected chi connectivity index (χ1v) is 6.18. The average Bonchev–Trinajstić information content (AvgIpc) is 2.71. The molecule has 0 bridgehead atoms. The maximum atomic E-state index is 5.78. The molecule has 0 saturated carbocycles. The zero-order chi connectivity index (χ0) is 11.5. The van der Waals surface area contributed by atoms with Gasteiger partial charge in [-0.2, -0.15) is 0 Å². The highest BCUT2D eigenvalue weighted by molar-refractivity contribution is 5.50. The molecule has 2 rings (SSSR count). The molecule has 2 heterocycles. The summed E-state index contributed by atoms with van der Waals surface area (Å²) in [6, 6.07) is 4.00. The summed E-state index contributed by atoms with van der Waals surface area (Å²) >= 11 is 0. The third-order valence-corrected chi connectivity index (χ3v) is 3.42. The van der Waals surface area contributed by atoms with Crippen LogP contribution in [0.25, 0.3) is 0 Å². The Balaban J connectivity index is 2.05. The number of nitrogen functional groups attached to an aromatic ring is 1. The Hall–Kier alpha value is -1.25. The number of aromatic nitrogens is 1. The number of aryl methyl sites for hydroxylation is 1. The van der Waals surface area contributed by atoms with E-state index >= 15 is 0 Å². The standard InChI is InChI=1S/C13H21N3/c1-3-4-11-7-8-16(9-11)13-6-5-12(14)10(2)15-13/h5-6,11H,3-4,7-9,14H2,1-2H3. The van der Waals surface area contributed by atoms with Crippen LogP contribution in [0.4, 0.5) is 11.5 Å². The SMILES string of the molecule is CCCC1CCN(c2ccc(N)c(C)n2)C1. The zero-order valence-electron chi connectivity index (χ0n) is 10.2. The van der Waals surface area contributed by atoms with Crippen LogP contribution < -0.4 is 10.6 Å². The van der Waals surface area contributed by atoms with Gasteiger partial charge in [-0.3, -0.25) is 0 Å². The van der Waals surface area contributed by atoms with Crippen molar-refractivity contribution in [1.82, 2.24) is 4.98 Å². The summed E-state index contributed by atoms with van der Waals surface area (Å²) in [7, 11) is 0. The second-order valence-electron chi connectivity index (χ2n) is 4.73. The lowest BCUT2D eigenvalue weighted by molar-refractivity contribution is 0.529. The van der Waals surface area contributed by atoms with Crippen LogP contribution in [-0.2, 0) is 0 Å². The maximum Gasteiger partial charge on any atom is 0.128 e. The molecule has 1 atom stereocenters. The van der Waals surface area contributed by atoms with Crippen LogP contribution in [-0.4, -0.2) is 18.1 Å². The third-order valence-electron chi connectivity index (χ3n) is 3.42. The molecular weight excluding hydrogens is 198 g/mol. The average molecular weight is 219 g/mol. The van der Waals surface area contributed by atoms with Gasteiger partial charge in [-0.25, -0.2) is 4.98 Å². The number of rotatable bonds is 3. The fraction of sp³-hybridized carbons (Fsp3) is 0.615. The van der Waals surface area contributed by atoms with Crippen LogP contribution in [0, 0.1) is 12.8 Å². The van der Waals surface area contributed by atoms with Crippen molar-refractivity contribution in [3.63, 3.8) is 0 Å². The molecule has 3 nitrogen and oxygen atoms in total. The van der Waals surface area contributed by atoms with Crippen LogP contribution in [0.1, 0.15) is 31.9 Å². The number of anilines is 2. The Bertz CT molecular complexity index is 362. The molecule has 1 aliphatic rings. The van der Waals surface area contributed by atoms with Gasteiger partial charge in [0.25, 0.3) is 0 Å². The van der Waals surface area contributed by atoms with Gasteiger partial charge in [0.15, 0.2) is 0 Å². The number of nitrogens with two attached hydrogens (primary N) is 1. The smallest absolute Gasteiger partial charge is 0.128 e. The Morgan fingerprint density at radius 2 is 2.31 bits per heavy atom. The van der Waals surface area contributed by atoms with Crippen molar-refractivity contribution >= 4 is 11.5 Å². The van der Waals surface area contributed by atoms with Crippen molar-refractivity contribution < 1.29 is 0 Å². The first kappa shape index (κ1) is 11.2. The lowest BCUT2D eigenvalue weighted by Gasteiger charge is -2.18. The molecule has 0 amide bonds. The zero-order valence-corrected chi connectivity index (χ0v) is 10.2. The van der Waals surface area contributed by atoms with E-state index in [1.807, 2.05) is 19.1 Å². The molecule has 2 N–H and O–H groups in total. The van der Waals surface area contributed by atoms with Gasteiger partial charge in [0.05, 0.1) is 11.4 Å². The molecule has 1 aromatic heterocycles. The Morgan fingerprint density at radius 1 is 1.50 bits per heavy atom. The second kappa shape index (κ2) is 4.73.